The Bertz CT molecular complexity index is 1210. The van der Waals surface area contributed by atoms with E-state index in [0.29, 0.717) is 42.8 Å². The van der Waals surface area contributed by atoms with Crippen LogP contribution in [0.5, 0.6) is 0 Å². The lowest BCUT2D eigenvalue weighted by atomic mass is 9.97. The summed E-state index contributed by atoms with van der Waals surface area (Å²) in [5.41, 5.74) is 2.62. The molecule has 1 aromatic heterocycles. The fourth-order valence-electron chi connectivity index (χ4n) is 4.76. The van der Waals surface area contributed by atoms with Gasteiger partial charge in [0.2, 0.25) is 23.5 Å². The van der Waals surface area contributed by atoms with E-state index < -0.39 is 0 Å². The Morgan fingerprint density at radius 2 is 2.03 bits per heavy atom. The van der Waals surface area contributed by atoms with Crippen LogP contribution in [-0.2, 0) is 22.7 Å². The summed E-state index contributed by atoms with van der Waals surface area (Å²) < 4.78 is 5.45. The molecular weight excluding hydrogens is 466 g/mol. The molecule has 5 rings (SSSR count). The molecule has 1 unspecified atom stereocenters. The number of piperidine rings is 1. The Hall–Kier alpha value is -3.23. The zero-order valence-corrected chi connectivity index (χ0v) is 20.2. The maximum absolute atomic E-state index is 12.9. The lowest BCUT2D eigenvalue weighted by Crippen LogP contribution is -2.42. The third-order valence-corrected chi connectivity index (χ3v) is 6.91. The maximum Gasteiger partial charge on any atom is 0.241 e. The number of rotatable bonds is 7. The van der Waals surface area contributed by atoms with Crippen LogP contribution in [0.4, 0.5) is 5.69 Å². The number of amides is 2. The SMILES string of the molecule is O=C(NCc1cccc(N2CCCC2=O)c1)C1CCCN(Cc2nc(-c3ccccc3Cl)no2)C1. The summed E-state index contributed by atoms with van der Waals surface area (Å²) in [6, 6.07) is 15.2. The van der Waals surface area contributed by atoms with Gasteiger partial charge in [-0.25, -0.2) is 0 Å². The molecule has 2 saturated heterocycles. The molecule has 0 saturated carbocycles. The summed E-state index contributed by atoms with van der Waals surface area (Å²) in [5, 5.41) is 7.72. The first-order chi connectivity index (χ1) is 17.1. The van der Waals surface area contributed by atoms with Crippen LogP contribution in [-0.4, -0.2) is 46.5 Å². The number of anilines is 1. The molecule has 0 spiro atoms. The third kappa shape index (κ3) is 5.55. The van der Waals surface area contributed by atoms with E-state index in [1.807, 2.05) is 47.4 Å². The van der Waals surface area contributed by atoms with Gasteiger partial charge in [-0.3, -0.25) is 14.5 Å². The van der Waals surface area contributed by atoms with Crippen LogP contribution in [0.1, 0.15) is 37.1 Å². The van der Waals surface area contributed by atoms with Gasteiger partial charge in [-0.1, -0.05) is 41.0 Å². The first-order valence-corrected chi connectivity index (χ1v) is 12.4. The lowest BCUT2D eigenvalue weighted by Gasteiger charge is -2.30. The van der Waals surface area contributed by atoms with Gasteiger partial charge in [0.1, 0.15) is 0 Å². The van der Waals surface area contributed by atoms with Crippen molar-refractivity contribution in [2.24, 2.45) is 5.92 Å². The van der Waals surface area contributed by atoms with E-state index in [1.54, 1.807) is 6.07 Å². The number of nitrogens with one attached hydrogen (secondary N) is 1. The van der Waals surface area contributed by atoms with Crippen molar-refractivity contribution in [3.05, 3.63) is 65.0 Å². The number of aromatic nitrogens is 2. The van der Waals surface area contributed by atoms with Gasteiger partial charge in [-0.05, 0) is 55.6 Å². The summed E-state index contributed by atoms with van der Waals surface area (Å²) in [7, 11) is 0. The molecule has 35 heavy (non-hydrogen) atoms. The van der Waals surface area contributed by atoms with E-state index in [4.69, 9.17) is 16.1 Å². The van der Waals surface area contributed by atoms with Crippen LogP contribution in [0.3, 0.4) is 0 Å². The summed E-state index contributed by atoms with van der Waals surface area (Å²) >= 11 is 6.24. The average Bonchev–Trinajstić information content (AvgIpc) is 3.52. The van der Waals surface area contributed by atoms with Crippen molar-refractivity contribution in [1.29, 1.82) is 0 Å². The second-order valence-corrected chi connectivity index (χ2v) is 9.51. The number of hydrogen-bond donors (Lipinski definition) is 1. The quantitative estimate of drug-likeness (QED) is 0.534. The highest BCUT2D eigenvalue weighted by atomic mass is 35.5. The Morgan fingerprint density at radius 3 is 2.86 bits per heavy atom. The van der Waals surface area contributed by atoms with Crippen LogP contribution in [0.15, 0.2) is 53.1 Å². The summed E-state index contributed by atoms with van der Waals surface area (Å²) in [6.07, 6.45) is 3.27. The fourth-order valence-corrected chi connectivity index (χ4v) is 4.98. The Kier molecular flexibility index (Phi) is 7.11. The monoisotopic (exact) mass is 493 g/mol. The number of carbonyl (C=O) groups is 2. The van der Waals surface area contributed by atoms with E-state index in [1.165, 1.54) is 0 Å². The molecule has 2 aliphatic heterocycles. The minimum atomic E-state index is -0.0990. The van der Waals surface area contributed by atoms with Gasteiger partial charge < -0.3 is 14.7 Å². The van der Waals surface area contributed by atoms with Gasteiger partial charge in [0.15, 0.2) is 0 Å². The second kappa shape index (κ2) is 10.6. The van der Waals surface area contributed by atoms with Crippen LogP contribution in [0.25, 0.3) is 11.4 Å². The third-order valence-electron chi connectivity index (χ3n) is 6.58. The predicted octanol–water partition coefficient (Wildman–Crippen LogP) is 4.05. The van der Waals surface area contributed by atoms with Gasteiger partial charge in [-0.2, -0.15) is 4.98 Å². The van der Waals surface area contributed by atoms with Crippen molar-refractivity contribution >= 4 is 29.1 Å². The molecule has 182 valence electrons. The van der Waals surface area contributed by atoms with Crippen molar-refractivity contribution in [2.75, 3.05) is 24.5 Å². The number of likely N-dealkylation sites (tertiary alicyclic amines) is 1. The fraction of sp³-hybridized carbons (Fsp3) is 0.385. The van der Waals surface area contributed by atoms with Crippen LogP contribution in [0, 0.1) is 5.92 Å². The molecule has 2 aliphatic rings. The largest absolute Gasteiger partial charge is 0.352 e. The van der Waals surface area contributed by atoms with Gasteiger partial charge in [-0.15, -0.1) is 0 Å². The van der Waals surface area contributed by atoms with Crippen LogP contribution >= 0.6 is 11.6 Å². The molecule has 1 N–H and O–H groups in total. The normalized spacial score (nSPS) is 18.7. The standard InChI is InChI=1S/C26H28ClN5O3/c27-22-10-2-1-9-21(22)25-29-23(35-30-25)17-31-12-4-7-19(16-31)26(34)28-15-18-6-3-8-20(14-18)32-13-5-11-24(32)33/h1-3,6,8-10,14,19H,4-5,7,11-13,15-17H2,(H,28,34). The van der Waals surface area contributed by atoms with E-state index in [-0.39, 0.29) is 17.7 Å². The summed E-state index contributed by atoms with van der Waals surface area (Å²) in [5.74, 6) is 1.08. The number of nitrogens with zero attached hydrogens (tertiary/aromatic N) is 4. The predicted molar refractivity (Wildman–Crippen MR) is 133 cm³/mol. The Balaban J connectivity index is 1.15. The molecule has 3 aromatic rings. The molecule has 0 radical (unpaired) electrons. The van der Waals surface area contributed by atoms with E-state index >= 15 is 0 Å². The van der Waals surface area contributed by atoms with Crippen LogP contribution < -0.4 is 10.2 Å². The number of halogens is 1. The highest BCUT2D eigenvalue weighted by molar-refractivity contribution is 6.33. The van der Waals surface area contributed by atoms with E-state index in [2.05, 4.69) is 20.4 Å². The lowest BCUT2D eigenvalue weighted by molar-refractivity contribution is -0.127. The van der Waals surface area contributed by atoms with Crippen molar-refractivity contribution in [2.45, 2.75) is 38.8 Å². The molecular formula is C26H28ClN5O3. The van der Waals surface area contributed by atoms with E-state index in [0.717, 1.165) is 49.2 Å². The molecule has 9 heteroatoms. The number of benzene rings is 2. The zero-order valence-electron chi connectivity index (χ0n) is 19.5. The van der Waals surface area contributed by atoms with Gasteiger partial charge in [0, 0.05) is 37.3 Å². The van der Waals surface area contributed by atoms with Crippen molar-refractivity contribution < 1.29 is 14.1 Å². The summed E-state index contributed by atoms with van der Waals surface area (Å²) in [4.78, 5) is 33.5. The van der Waals surface area contributed by atoms with E-state index in [9.17, 15) is 9.59 Å². The number of carbonyl (C=O) groups excluding carboxylic acids is 2. The molecule has 2 amide bonds. The topological polar surface area (TPSA) is 91.6 Å². The molecule has 3 heterocycles. The van der Waals surface area contributed by atoms with Gasteiger partial charge >= 0.3 is 0 Å². The molecule has 0 aliphatic carbocycles. The molecule has 2 aromatic carbocycles. The zero-order chi connectivity index (χ0) is 24.2. The van der Waals surface area contributed by atoms with Gasteiger partial charge in [0.05, 0.1) is 17.5 Å². The Labute approximate surface area is 209 Å². The first-order valence-electron chi connectivity index (χ1n) is 12.0. The molecule has 8 nitrogen and oxygen atoms in total. The van der Waals surface area contributed by atoms with Gasteiger partial charge in [0.25, 0.3) is 0 Å². The molecule has 0 bridgehead atoms. The minimum absolute atomic E-state index is 0.0413. The Morgan fingerprint density at radius 1 is 1.14 bits per heavy atom. The summed E-state index contributed by atoms with van der Waals surface area (Å²) in [6.45, 7) is 3.20. The highest BCUT2D eigenvalue weighted by Crippen LogP contribution is 2.26. The minimum Gasteiger partial charge on any atom is -0.352 e. The number of hydrogen-bond acceptors (Lipinski definition) is 6. The van der Waals surface area contributed by atoms with Crippen LogP contribution in [0.2, 0.25) is 5.02 Å². The maximum atomic E-state index is 12.9. The molecule has 1 atom stereocenters. The van der Waals surface area contributed by atoms with Crippen molar-refractivity contribution in [3.8, 4) is 11.4 Å². The average molecular weight is 494 g/mol. The first kappa shape index (κ1) is 23.5. The highest BCUT2D eigenvalue weighted by Gasteiger charge is 2.27. The molecule has 2 fully saturated rings. The van der Waals surface area contributed by atoms with Crippen molar-refractivity contribution in [1.82, 2.24) is 20.4 Å². The smallest absolute Gasteiger partial charge is 0.241 e. The van der Waals surface area contributed by atoms with Crippen molar-refractivity contribution in [3.63, 3.8) is 0 Å². The second-order valence-electron chi connectivity index (χ2n) is 9.10.